The van der Waals surface area contributed by atoms with Crippen molar-refractivity contribution in [1.29, 1.82) is 0 Å². The number of benzene rings is 1. The molecule has 0 nitrogen and oxygen atoms in total. The van der Waals surface area contributed by atoms with Crippen LogP contribution in [0.2, 0.25) is 0 Å². The summed E-state index contributed by atoms with van der Waals surface area (Å²) in [7, 11) is 0. The van der Waals surface area contributed by atoms with Crippen LogP contribution < -0.4 is 0 Å². The fourth-order valence-corrected chi connectivity index (χ4v) is 2.93. The van der Waals surface area contributed by atoms with Gasteiger partial charge in [0.25, 0.3) is 0 Å². The standard InChI is InChI=1S/C17H23F3/c1-16(2,3)14-5-4-13(11-15(14)18)10-12-6-8-17(19,20)9-7-12/h4-5,11-12H,6-10H2,1-3H3. The summed E-state index contributed by atoms with van der Waals surface area (Å²) in [6.07, 6.45) is 1.73. The normalized spacial score (nSPS) is 20.1. The first kappa shape index (κ1) is 15.4. The lowest BCUT2D eigenvalue weighted by Crippen LogP contribution is -2.25. The van der Waals surface area contributed by atoms with E-state index in [0.29, 0.717) is 24.8 Å². The Hall–Kier alpha value is -0.990. The van der Waals surface area contributed by atoms with E-state index in [1.54, 1.807) is 6.07 Å². The summed E-state index contributed by atoms with van der Waals surface area (Å²) in [5, 5.41) is 0. The molecule has 1 aromatic carbocycles. The van der Waals surface area contributed by atoms with Crippen LogP contribution >= 0.6 is 0 Å². The Labute approximate surface area is 119 Å². The van der Waals surface area contributed by atoms with Crippen LogP contribution in [0.25, 0.3) is 0 Å². The van der Waals surface area contributed by atoms with Crippen molar-refractivity contribution in [2.75, 3.05) is 0 Å². The Morgan fingerprint density at radius 3 is 2.25 bits per heavy atom. The zero-order valence-electron chi connectivity index (χ0n) is 12.5. The van der Waals surface area contributed by atoms with Gasteiger partial charge in [-0.05, 0) is 47.8 Å². The van der Waals surface area contributed by atoms with E-state index in [4.69, 9.17) is 0 Å². The highest BCUT2D eigenvalue weighted by Gasteiger charge is 2.34. The number of hydrogen-bond acceptors (Lipinski definition) is 0. The van der Waals surface area contributed by atoms with Crippen molar-refractivity contribution in [3.05, 3.63) is 35.1 Å². The van der Waals surface area contributed by atoms with E-state index in [1.807, 2.05) is 32.9 Å². The summed E-state index contributed by atoms with van der Waals surface area (Å²) >= 11 is 0. The van der Waals surface area contributed by atoms with Gasteiger partial charge in [-0.25, -0.2) is 13.2 Å². The summed E-state index contributed by atoms with van der Waals surface area (Å²) < 4.78 is 40.3. The van der Waals surface area contributed by atoms with E-state index in [-0.39, 0.29) is 30.0 Å². The van der Waals surface area contributed by atoms with Crippen molar-refractivity contribution < 1.29 is 13.2 Å². The molecule has 3 heteroatoms. The van der Waals surface area contributed by atoms with E-state index in [1.165, 1.54) is 0 Å². The van der Waals surface area contributed by atoms with Crippen molar-refractivity contribution in [2.45, 2.75) is 64.2 Å². The van der Waals surface area contributed by atoms with Gasteiger partial charge >= 0.3 is 0 Å². The lowest BCUT2D eigenvalue weighted by Gasteiger charge is -2.28. The van der Waals surface area contributed by atoms with Gasteiger partial charge in [0.05, 0.1) is 0 Å². The highest BCUT2D eigenvalue weighted by atomic mass is 19.3. The van der Waals surface area contributed by atoms with Gasteiger partial charge in [0, 0.05) is 12.8 Å². The van der Waals surface area contributed by atoms with E-state index < -0.39 is 5.92 Å². The summed E-state index contributed by atoms with van der Waals surface area (Å²) in [6.45, 7) is 5.94. The predicted octanol–water partition coefficient (Wildman–Crippen LogP) is 5.49. The number of alkyl halides is 2. The molecular formula is C17H23F3. The number of rotatable bonds is 2. The first-order valence-electron chi connectivity index (χ1n) is 7.34. The first-order valence-corrected chi connectivity index (χ1v) is 7.34. The van der Waals surface area contributed by atoms with Crippen molar-refractivity contribution in [3.63, 3.8) is 0 Å². The third kappa shape index (κ3) is 3.77. The largest absolute Gasteiger partial charge is 0.248 e. The number of halogens is 3. The maximum atomic E-state index is 14.1. The molecule has 1 aliphatic rings. The highest BCUT2D eigenvalue weighted by molar-refractivity contribution is 5.29. The number of hydrogen-bond donors (Lipinski definition) is 0. The Morgan fingerprint density at radius 1 is 1.15 bits per heavy atom. The van der Waals surface area contributed by atoms with Crippen LogP contribution in [-0.2, 0) is 11.8 Å². The second-order valence-electron chi connectivity index (χ2n) is 7.07. The summed E-state index contributed by atoms with van der Waals surface area (Å²) in [5.41, 5.74) is 1.41. The van der Waals surface area contributed by atoms with Crippen LogP contribution in [0, 0.1) is 11.7 Å². The minimum absolute atomic E-state index is 0.0276. The summed E-state index contributed by atoms with van der Waals surface area (Å²) in [4.78, 5) is 0. The van der Waals surface area contributed by atoms with Gasteiger partial charge in [-0.2, -0.15) is 0 Å². The molecule has 0 unspecified atom stereocenters. The van der Waals surface area contributed by atoms with Gasteiger partial charge in [0.1, 0.15) is 5.82 Å². The Kier molecular flexibility index (Phi) is 4.17. The second kappa shape index (κ2) is 5.42. The lowest BCUT2D eigenvalue weighted by molar-refractivity contribution is -0.0456. The van der Waals surface area contributed by atoms with Crippen LogP contribution in [0.1, 0.15) is 57.6 Å². The van der Waals surface area contributed by atoms with Gasteiger partial charge < -0.3 is 0 Å². The first-order chi connectivity index (χ1) is 9.17. The molecule has 20 heavy (non-hydrogen) atoms. The van der Waals surface area contributed by atoms with E-state index >= 15 is 0 Å². The molecule has 0 aliphatic heterocycles. The average molecular weight is 284 g/mol. The van der Waals surface area contributed by atoms with Gasteiger partial charge in [0.2, 0.25) is 5.92 Å². The van der Waals surface area contributed by atoms with E-state index in [9.17, 15) is 13.2 Å². The van der Waals surface area contributed by atoms with Gasteiger partial charge in [-0.15, -0.1) is 0 Å². The molecule has 112 valence electrons. The molecule has 2 rings (SSSR count). The zero-order chi connectivity index (χ0) is 15.0. The molecule has 0 amide bonds. The van der Waals surface area contributed by atoms with Gasteiger partial charge in [-0.1, -0.05) is 32.9 Å². The van der Waals surface area contributed by atoms with Crippen molar-refractivity contribution in [1.82, 2.24) is 0 Å². The molecule has 1 fully saturated rings. The van der Waals surface area contributed by atoms with Crippen LogP contribution in [0.3, 0.4) is 0 Å². The Morgan fingerprint density at radius 2 is 1.75 bits per heavy atom. The minimum Gasteiger partial charge on any atom is -0.207 e. The molecule has 0 atom stereocenters. The lowest BCUT2D eigenvalue weighted by atomic mass is 9.81. The topological polar surface area (TPSA) is 0 Å². The molecule has 0 aromatic heterocycles. The van der Waals surface area contributed by atoms with Gasteiger partial charge in [0.15, 0.2) is 0 Å². The predicted molar refractivity (Wildman–Crippen MR) is 75.7 cm³/mol. The highest BCUT2D eigenvalue weighted by Crippen LogP contribution is 2.37. The maximum Gasteiger partial charge on any atom is 0.248 e. The second-order valence-corrected chi connectivity index (χ2v) is 7.07. The monoisotopic (exact) mass is 284 g/mol. The third-order valence-electron chi connectivity index (χ3n) is 4.20. The SMILES string of the molecule is CC(C)(C)c1ccc(CC2CCC(F)(F)CC2)cc1F. The van der Waals surface area contributed by atoms with E-state index in [2.05, 4.69) is 0 Å². The summed E-state index contributed by atoms with van der Waals surface area (Å²) in [6, 6.07) is 5.35. The quantitative estimate of drug-likeness (QED) is 0.673. The zero-order valence-corrected chi connectivity index (χ0v) is 12.5. The fourth-order valence-electron chi connectivity index (χ4n) is 2.93. The third-order valence-corrected chi connectivity index (χ3v) is 4.20. The Bertz CT molecular complexity index is 462. The molecule has 0 heterocycles. The van der Waals surface area contributed by atoms with Crippen LogP contribution in [0.5, 0.6) is 0 Å². The molecule has 0 bridgehead atoms. The molecule has 1 saturated carbocycles. The molecule has 0 N–H and O–H groups in total. The molecule has 1 aromatic rings. The van der Waals surface area contributed by atoms with E-state index in [0.717, 1.165) is 5.56 Å². The molecular weight excluding hydrogens is 261 g/mol. The van der Waals surface area contributed by atoms with Gasteiger partial charge in [-0.3, -0.25) is 0 Å². The molecule has 0 radical (unpaired) electrons. The average Bonchev–Trinajstić information content (AvgIpc) is 2.30. The van der Waals surface area contributed by atoms with Crippen molar-refractivity contribution in [3.8, 4) is 0 Å². The summed E-state index contributed by atoms with van der Waals surface area (Å²) in [5.74, 6) is -2.41. The van der Waals surface area contributed by atoms with Crippen LogP contribution in [0.4, 0.5) is 13.2 Å². The minimum atomic E-state index is -2.49. The van der Waals surface area contributed by atoms with Crippen molar-refractivity contribution in [2.24, 2.45) is 5.92 Å². The molecule has 0 spiro atoms. The maximum absolute atomic E-state index is 14.1. The van der Waals surface area contributed by atoms with Crippen LogP contribution in [0.15, 0.2) is 18.2 Å². The molecule has 0 saturated heterocycles. The van der Waals surface area contributed by atoms with Crippen molar-refractivity contribution >= 4 is 0 Å². The smallest absolute Gasteiger partial charge is 0.207 e. The Balaban J connectivity index is 2.03. The van der Waals surface area contributed by atoms with Crippen LogP contribution in [-0.4, -0.2) is 5.92 Å². The molecule has 1 aliphatic carbocycles. The fraction of sp³-hybridized carbons (Fsp3) is 0.647.